The van der Waals surface area contributed by atoms with Crippen molar-refractivity contribution in [1.82, 2.24) is 14.3 Å². The molecule has 1 heterocycles. The topological polar surface area (TPSA) is 39.8 Å². The van der Waals surface area contributed by atoms with Crippen LogP contribution in [0.5, 0.6) is 0 Å². The smallest absolute Gasteiger partial charge is 0.244 e. The van der Waals surface area contributed by atoms with E-state index in [2.05, 4.69) is 20.9 Å². The van der Waals surface area contributed by atoms with E-state index in [-0.39, 0.29) is 12.4 Å². The van der Waals surface area contributed by atoms with Gasteiger partial charge in [-0.1, -0.05) is 34.1 Å². The molecular weight excluding hydrogens is 361 g/mol. The Kier molecular flexibility index (Phi) is 4.17. The van der Waals surface area contributed by atoms with Crippen LogP contribution in [0, 0.1) is 19.7 Å². The zero-order chi connectivity index (χ0) is 16.6. The predicted octanol–water partition coefficient (Wildman–Crippen LogP) is 3.60. The lowest BCUT2D eigenvalue weighted by atomic mass is 10.1. The first-order valence-corrected chi connectivity index (χ1v) is 7.91. The maximum absolute atomic E-state index is 14.1. The molecule has 0 fully saturated rings. The molecule has 118 valence electrons. The molecule has 0 amide bonds. The van der Waals surface area contributed by atoms with Gasteiger partial charge in [0.25, 0.3) is 0 Å². The minimum absolute atomic E-state index is 0.116. The molecule has 2 aromatic carbocycles. The molecule has 0 radical (unpaired) electrons. The number of hydrogen-bond acceptors (Lipinski definition) is 2. The molecule has 3 aromatic rings. The molecule has 0 N–H and O–H groups in total. The van der Waals surface area contributed by atoms with Crippen LogP contribution >= 0.6 is 15.9 Å². The average Bonchev–Trinajstić information content (AvgIpc) is 2.86. The van der Waals surface area contributed by atoms with Gasteiger partial charge in [0, 0.05) is 10.0 Å². The molecule has 0 aliphatic carbocycles. The molecule has 0 saturated heterocycles. The first kappa shape index (κ1) is 15.7. The highest BCUT2D eigenvalue weighted by molar-refractivity contribution is 9.10. The van der Waals surface area contributed by atoms with Gasteiger partial charge in [0.15, 0.2) is 0 Å². The number of aromatic nitrogens is 3. The summed E-state index contributed by atoms with van der Waals surface area (Å²) in [4.78, 5) is 15.9. The molecule has 3 rings (SSSR count). The standard InChI is InChI=1S/C17H15BrFN3O/c1-11-3-4-12(2)16(7-11)22-10-20-17(23)21(22)9-13-5-6-14(18)8-15(13)19/h3-8,10H,9H2,1-2H3. The quantitative estimate of drug-likeness (QED) is 0.701. The molecule has 23 heavy (non-hydrogen) atoms. The van der Waals surface area contributed by atoms with E-state index in [1.54, 1.807) is 16.8 Å². The Morgan fingerprint density at radius 3 is 2.70 bits per heavy atom. The number of rotatable bonds is 3. The van der Waals surface area contributed by atoms with Gasteiger partial charge in [0.2, 0.25) is 0 Å². The predicted molar refractivity (Wildman–Crippen MR) is 90.5 cm³/mol. The summed E-state index contributed by atoms with van der Waals surface area (Å²) in [6.45, 7) is 4.06. The van der Waals surface area contributed by atoms with Crippen molar-refractivity contribution in [1.29, 1.82) is 0 Å². The Hall–Kier alpha value is -2.21. The molecule has 0 atom stereocenters. The lowest BCUT2D eigenvalue weighted by Crippen LogP contribution is -2.24. The van der Waals surface area contributed by atoms with Crippen LogP contribution in [-0.4, -0.2) is 14.3 Å². The van der Waals surface area contributed by atoms with Crippen LogP contribution in [-0.2, 0) is 6.54 Å². The lowest BCUT2D eigenvalue weighted by Gasteiger charge is -2.14. The van der Waals surface area contributed by atoms with Gasteiger partial charge in [-0.25, -0.2) is 18.5 Å². The second-order valence-electron chi connectivity index (χ2n) is 5.46. The highest BCUT2D eigenvalue weighted by atomic mass is 79.9. The minimum Gasteiger partial charge on any atom is -0.244 e. The fourth-order valence-corrected chi connectivity index (χ4v) is 2.77. The monoisotopic (exact) mass is 375 g/mol. The SMILES string of the molecule is Cc1ccc(C)c(-n2cnc(=O)n2Cc2ccc(Br)cc2F)c1. The van der Waals surface area contributed by atoms with Gasteiger partial charge < -0.3 is 0 Å². The summed E-state index contributed by atoms with van der Waals surface area (Å²) in [6.07, 6.45) is 1.47. The van der Waals surface area contributed by atoms with Crippen molar-refractivity contribution in [3.8, 4) is 5.69 Å². The van der Waals surface area contributed by atoms with Crippen molar-refractivity contribution < 1.29 is 4.39 Å². The zero-order valence-corrected chi connectivity index (χ0v) is 14.3. The molecule has 1 aromatic heterocycles. The van der Waals surface area contributed by atoms with Crippen molar-refractivity contribution in [2.75, 3.05) is 0 Å². The van der Waals surface area contributed by atoms with Gasteiger partial charge in [-0.15, -0.1) is 0 Å². The van der Waals surface area contributed by atoms with Gasteiger partial charge in [0.05, 0.1) is 12.2 Å². The largest absolute Gasteiger partial charge is 0.364 e. The average molecular weight is 376 g/mol. The van der Waals surface area contributed by atoms with Crippen molar-refractivity contribution in [3.05, 3.63) is 80.2 Å². The summed E-state index contributed by atoms with van der Waals surface area (Å²) in [5, 5.41) is 0. The van der Waals surface area contributed by atoms with Crippen LogP contribution < -0.4 is 5.69 Å². The number of aryl methyl sites for hydroxylation is 2. The Bertz CT molecular complexity index is 930. The minimum atomic E-state index is -0.409. The van der Waals surface area contributed by atoms with Gasteiger partial charge in [-0.3, -0.25) is 0 Å². The van der Waals surface area contributed by atoms with Gasteiger partial charge >= 0.3 is 5.69 Å². The third kappa shape index (κ3) is 3.12. The molecule has 6 heteroatoms. The second-order valence-corrected chi connectivity index (χ2v) is 6.37. The van der Waals surface area contributed by atoms with Crippen molar-refractivity contribution in [3.63, 3.8) is 0 Å². The Morgan fingerprint density at radius 2 is 1.96 bits per heavy atom. The normalized spacial score (nSPS) is 11.0. The van der Waals surface area contributed by atoms with Gasteiger partial charge in [-0.05, 0) is 43.2 Å². The van der Waals surface area contributed by atoms with Crippen LogP contribution in [0.1, 0.15) is 16.7 Å². The van der Waals surface area contributed by atoms with Crippen molar-refractivity contribution >= 4 is 15.9 Å². The third-order valence-electron chi connectivity index (χ3n) is 3.71. The molecule has 0 saturated carbocycles. The lowest BCUT2D eigenvalue weighted by molar-refractivity contribution is 0.546. The summed E-state index contributed by atoms with van der Waals surface area (Å²) < 4.78 is 17.8. The Morgan fingerprint density at radius 1 is 1.17 bits per heavy atom. The summed E-state index contributed by atoms with van der Waals surface area (Å²) in [6, 6.07) is 10.8. The summed E-state index contributed by atoms with van der Waals surface area (Å²) >= 11 is 3.23. The van der Waals surface area contributed by atoms with Crippen molar-refractivity contribution in [2.24, 2.45) is 0 Å². The van der Waals surface area contributed by atoms with Crippen LogP contribution in [0.4, 0.5) is 4.39 Å². The van der Waals surface area contributed by atoms with E-state index >= 15 is 0 Å². The van der Waals surface area contributed by atoms with Crippen LogP contribution in [0.15, 0.2) is 52.0 Å². The molecule has 0 aliphatic heterocycles. The van der Waals surface area contributed by atoms with E-state index in [1.807, 2.05) is 32.0 Å². The molecular formula is C17H15BrFN3O. The Balaban J connectivity index is 2.09. The number of hydrogen-bond donors (Lipinski definition) is 0. The highest BCUT2D eigenvalue weighted by Gasteiger charge is 2.12. The zero-order valence-electron chi connectivity index (χ0n) is 12.8. The third-order valence-corrected chi connectivity index (χ3v) is 4.20. The maximum atomic E-state index is 14.1. The van der Waals surface area contributed by atoms with Crippen molar-refractivity contribution in [2.45, 2.75) is 20.4 Å². The first-order chi connectivity index (χ1) is 11.0. The van der Waals surface area contributed by atoms with E-state index < -0.39 is 5.69 Å². The van der Waals surface area contributed by atoms with Crippen LogP contribution in [0.3, 0.4) is 0 Å². The molecule has 0 aliphatic rings. The number of halogens is 2. The van der Waals surface area contributed by atoms with E-state index in [9.17, 15) is 9.18 Å². The fourth-order valence-electron chi connectivity index (χ4n) is 2.44. The first-order valence-electron chi connectivity index (χ1n) is 7.12. The van der Waals surface area contributed by atoms with Crippen LogP contribution in [0.2, 0.25) is 0 Å². The van der Waals surface area contributed by atoms with E-state index in [1.165, 1.54) is 17.1 Å². The Labute approximate surface area is 141 Å². The van der Waals surface area contributed by atoms with E-state index in [0.29, 0.717) is 10.0 Å². The van der Waals surface area contributed by atoms with Crippen LogP contribution in [0.25, 0.3) is 5.69 Å². The number of benzene rings is 2. The maximum Gasteiger partial charge on any atom is 0.364 e. The van der Waals surface area contributed by atoms with E-state index in [4.69, 9.17) is 0 Å². The molecule has 0 bridgehead atoms. The molecule has 4 nitrogen and oxygen atoms in total. The molecule has 0 unspecified atom stereocenters. The number of nitrogens with zero attached hydrogens (tertiary/aromatic N) is 3. The second kappa shape index (κ2) is 6.12. The summed E-state index contributed by atoms with van der Waals surface area (Å²) in [5.74, 6) is -0.361. The summed E-state index contributed by atoms with van der Waals surface area (Å²) in [7, 11) is 0. The van der Waals surface area contributed by atoms with Gasteiger partial charge in [0.1, 0.15) is 12.1 Å². The fraction of sp³-hybridized carbons (Fsp3) is 0.176. The van der Waals surface area contributed by atoms with Gasteiger partial charge in [-0.2, -0.15) is 4.98 Å². The van der Waals surface area contributed by atoms with E-state index in [0.717, 1.165) is 16.8 Å². The summed E-state index contributed by atoms with van der Waals surface area (Å²) in [5.41, 5.74) is 2.97. The highest BCUT2D eigenvalue weighted by Crippen LogP contribution is 2.18. The molecule has 0 spiro atoms.